The number of nitrogens with one attached hydrogen (secondary N) is 2. The van der Waals surface area contributed by atoms with Crippen LogP contribution >= 0.6 is 0 Å². The third-order valence-corrected chi connectivity index (χ3v) is 6.63. The molecule has 1 atom stereocenters. The molecule has 2 N–H and O–H groups in total. The number of nitrogens with zero attached hydrogens (tertiary/aromatic N) is 2. The van der Waals surface area contributed by atoms with Gasteiger partial charge < -0.3 is 10.6 Å². The molecule has 28 heavy (non-hydrogen) atoms. The molecule has 1 aliphatic rings. The Morgan fingerprint density at radius 3 is 2.71 bits per heavy atom. The summed E-state index contributed by atoms with van der Waals surface area (Å²) < 4.78 is 23.5. The van der Waals surface area contributed by atoms with Gasteiger partial charge in [-0.3, -0.25) is 9.89 Å². The van der Waals surface area contributed by atoms with Gasteiger partial charge in [-0.1, -0.05) is 31.9 Å². The summed E-state index contributed by atoms with van der Waals surface area (Å²) in [5.41, 5.74) is 1.81. The Morgan fingerprint density at radius 2 is 2.07 bits per heavy atom. The van der Waals surface area contributed by atoms with E-state index >= 15 is 0 Å². The van der Waals surface area contributed by atoms with Crippen molar-refractivity contribution in [2.24, 2.45) is 4.99 Å². The summed E-state index contributed by atoms with van der Waals surface area (Å²) in [5, 5.41) is 6.81. The maximum Gasteiger partial charge on any atom is 0.191 e. The summed E-state index contributed by atoms with van der Waals surface area (Å²) in [6, 6.07) is 6.03. The van der Waals surface area contributed by atoms with E-state index in [0.29, 0.717) is 17.5 Å². The average Bonchev–Trinajstić information content (AvgIpc) is 2.66. The number of piperidine rings is 1. The number of guanidine groups is 1. The third kappa shape index (κ3) is 6.78. The van der Waals surface area contributed by atoms with E-state index in [2.05, 4.69) is 27.4 Å². The van der Waals surface area contributed by atoms with Crippen molar-refractivity contribution in [1.82, 2.24) is 15.5 Å². The van der Waals surface area contributed by atoms with Crippen LogP contribution in [0.1, 0.15) is 50.2 Å². The van der Waals surface area contributed by atoms with Crippen LogP contribution in [-0.4, -0.2) is 58.3 Å². The average molecular weight is 409 g/mol. The number of rotatable bonds is 8. The quantitative estimate of drug-likeness (QED) is 0.511. The number of hydrogen-bond acceptors (Lipinski definition) is 4. The molecule has 0 amide bonds. The second-order valence-electron chi connectivity index (χ2n) is 7.72. The highest BCUT2D eigenvalue weighted by Gasteiger charge is 2.21. The number of likely N-dealkylation sites (tertiary alicyclic amines) is 1. The second kappa shape index (κ2) is 10.8. The number of unbranched alkanes of at least 4 members (excludes halogenated alkanes) is 1. The van der Waals surface area contributed by atoms with Crippen LogP contribution < -0.4 is 10.6 Å². The Balaban J connectivity index is 1.88. The van der Waals surface area contributed by atoms with Crippen LogP contribution in [0.15, 0.2) is 28.1 Å². The van der Waals surface area contributed by atoms with E-state index in [0.717, 1.165) is 23.6 Å². The first-order chi connectivity index (χ1) is 13.3. The highest BCUT2D eigenvalue weighted by molar-refractivity contribution is 7.90. The number of aliphatic imine (C=N–C) groups is 1. The van der Waals surface area contributed by atoms with Crippen molar-refractivity contribution >= 4 is 15.8 Å². The van der Waals surface area contributed by atoms with Crippen molar-refractivity contribution in [3.05, 3.63) is 29.3 Å². The van der Waals surface area contributed by atoms with Gasteiger partial charge >= 0.3 is 0 Å². The SMILES string of the molecule is CCCCN1CCCCC1CNC(=NC)NCc1ccc(S(C)(=O)=O)c(C)c1. The molecule has 2 rings (SSSR count). The number of aryl methyl sites for hydroxylation is 1. The molecule has 1 fully saturated rings. The zero-order valence-corrected chi connectivity index (χ0v) is 18.6. The molecule has 0 bridgehead atoms. The smallest absolute Gasteiger partial charge is 0.191 e. The van der Waals surface area contributed by atoms with E-state index in [4.69, 9.17) is 0 Å². The van der Waals surface area contributed by atoms with E-state index in [-0.39, 0.29) is 0 Å². The molecule has 0 aromatic heterocycles. The molecule has 0 saturated carbocycles. The van der Waals surface area contributed by atoms with Gasteiger partial charge in [0.2, 0.25) is 0 Å². The molecule has 6 nitrogen and oxygen atoms in total. The fraction of sp³-hybridized carbons (Fsp3) is 0.667. The lowest BCUT2D eigenvalue weighted by Crippen LogP contribution is -2.49. The lowest BCUT2D eigenvalue weighted by atomic mass is 10.0. The normalized spacial score (nSPS) is 18.9. The molecule has 0 aliphatic carbocycles. The van der Waals surface area contributed by atoms with Gasteiger partial charge in [0.15, 0.2) is 15.8 Å². The molecule has 1 aromatic rings. The van der Waals surface area contributed by atoms with Crippen molar-refractivity contribution in [3.8, 4) is 0 Å². The molecule has 0 radical (unpaired) electrons. The largest absolute Gasteiger partial charge is 0.355 e. The minimum Gasteiger partial charge on any atom is -0.355 e. The monoisotopic (exact) mass is 408 g/mol. The van der Waals surface area contributed by atoms with Gasteiger partial charge in [-0.25, -0.2) is 8.42 Å². The minimum absolute atomic E-state index is 0.392. The molecule has 7 heteroatoms. The van der Waals surface area contributed by atoms with Crippen molar-refractivity contribution in [3.63, 3.8) is 0 Å². The Bertz CT molecular complexity index is 762. The maximum atomic E-state index is 11.8. The molecule has 1 saturated heterocycles. The zero-order valence-electron chi connectivity index (χ0n) is 17.8. The van der Waals surface area contributed by atoms with E-state index in [1.807, 2.05) is 19.1 Å². The molecule has 1 unspecified atom stereocenters. The Hall–Kier alpha value is -1.60. The lowest BCUT2D eigenvalue weighted by molar-refractivity contribution is 0.147. The van der Waals surface area contributed by atoms with E-state index in [1.54, 1.807) is 13.1 Å². The summed E-state index contributed by atoms with van der Waals surface area (Å²) in [6.07, 6.45) is 7.57. The van der Waals surface area contributed by atoms with Gasteiger partial charge in [0.25, 0.3) is 0 Å². The zero-order chi connectivity index (χ0) is 20.6. The first-order valence-electron chi connectivity index (χ1n) is 10.3. The Morgan fingerprint density at radius 1 is 1.29 bits per heavy atom. The molecule has 1 heterocycles. The summed E-state index contributed by atoms with van der Waals surface area (Å²) in [4.78, 5) is 7.34. The highest BCUT2D eigenvalue weighted by atomic mass is 32.2. The first kappa shape index (κ1) is 22.7. The maximum absolute atomic E-state index is 11.8. The van der Waals surface area contributed by atoms with Gasteiger partial charge in [-0.15, -0.1) is 0 Å². The lowest BCUT2D eigenvalue weighted by Gasteiger charge is -2.36. The van der Waals surface area contributed by atoms with Crippen LogP contribution in [0, 0.1) is 6.92 Å². The van der Waals surface area contributed by atoms with Gasteiger partial charge in [0, 0.05) is 32.4 Å². The molecular weight excluding hydrogens is 372 g/mol. The summed E-state index contributed by atoms with van der Waals surface area (Å²) in [5.74, 6) is 0.783. The molecule has 1 aliphatic heterocycles. The van der Waals surface area contributed by atoms with Crippen LogP contribution in [-0.2, 0) is 16.4 Å². The highest BCUT2D eigenvalue weighted by Crippen LogP contribution is 2.18. The summed E-state index contributed by atoms with van der Waals surface area (Å²) in [6.45, 7) is 7.96. The van der Waals surface area contributed by atoms with E-state index in [9.17, 15) is 8.42 Å². The van der Waals surface area contributed by atoms with Gasteiger partial charge in [0.05, 0.1) is 4.90 Å². The van der Waals surface area contributed by atoms with E-state index < -0.39 is 9.84 Å². The predicted molar refractivity (Wildman–Crippen MR) is 117 cm³/mol. The minimum atomic E-state index is -3.18. The van der Waals surface area contributed by atoms with Crippen molar-refractivity contribution in [2.45, 2.75) is 63.4 Å². The summed E-state index contributed by atoms with van der Waals surface area (Å²) >= 11 is 0. The van der Waals surface area contributed by atoms with Crippen molar-refractivity contribution in [1.29, 1.82) is 0 Å². The molecule has 1 aromatic carbocycles. The second-order valence-corrected chi connectivity index (χ2v) is 9.70. The van der Waals surface area contributed by atoms with Gasteiger partial charge in [-0.05, 0) is 56.5 Å². The van der Waals surface area contributed by atoms with Gasteiger partial charge in [0.1, 0.15) is 0 Å². The molecular formula is C21H36N4O2S. The standard InChI is InChI=1S/C21H36N4O2S/c1-5-6-12-25-13-8-7-9-19(25)16-24-21(22-3)23-15-18-10-11-20(17(2)14-18)28(4,26)27/h10-11,14,19H,5-9,12-13,15-16H2,1-4H3,(H2,22,23,24). The van der Waals surface area contributed by atoms with Crippen molar-refractivity contribution in [2.75, 3.05) is 32.9 Å². The van der Waals surface area contributed by atoms with Crippen molar-refractivity contribution < 1.29 is 8.42 Å². The summed E-state index contributed by atoms with van der Waals surface area (Å²) in [7, 11) is -1.40. The predicted octanol–water partition coefficient (Wildman–Crippen LogP) is 2.72. The van der Waals surface area contributed by atoms with Crippen LogP contribution in [0.3, 0.4) is 0 Å². The topological polar surface area (TPSA) is 73.8 Å². The van der Waals surface area contributed by atoms with Crippen LogP contribution in [0.25, 0.3) is 0 Å². The fourth-order valence-corrected chi connectivity index (χ4v) is 4.76. The Kier molecular flexibility index (Phi) is 8.76. The molecule has 158 valence electrons. The van der Waals surface area contributed by atoms with Gasteiger partial charge in [-0.2, -0.15) is 0 Å². The molecule has 0 spiro atoms. The Labute approximate surface area is 170 Å². The fourth-order valence-electron chi connectivity index (χ4n) is 3.81. The number of benzene rings is 1. The number of hydrogen-bond donors (Lipinski definition) is 2. The number of sulfone groups is 1. The van der Waals surface area contributed by atoms with E-state index in [1.165, 1.54) is 51.4 Å². The third-order valence-electron chi connectivity index (χ3n) is 5.38. The van der Waals surface area contributed by atoms with Crippen LogP contribution in [0.4, 0.5) is 0 Å². The van der Waals surface area contributed by atoms with Crippen LogP contribution in [0.5, 0.6) is 0 Å². The first-order valence-corrected chi connectivity index (χ1v) is 12.2. The van der Waals surface area contributed by atoms with Crippen LogP contribution in [0.2, 0.25) is 0 Å².